The number of methoxy groups -OCH3 is 2. The number of aromatic nitrogens is 2. The highest BCUT2D eigenvalue weighted by atomic mass is 35.5. The minimum Gasteiger partial charge on any atom is -0.493 e. The fourth-order valence-electron chi connectivity index (χ4n) is 2.39. The predicted octanol–water partition coefficient (Wildman–Crippen LogP) is 3.08. The van der Waals surface area contributed by atoms with Crippen LogP contribution in [-0.4, -0.2) is 42.5 Å². The molecule has 5 nitrogen and oxygen atoms in total. The molecule has 0 atom stereocenters. The quantitative estimate of drug-likeness (QED) is 0.748. The lowest BCUT2D eigenvalue weighted by atomic mass is 10.2. The molecule has 0 spiro atoms. The van der Waals surface area contributed by atoms with Crippen molar-refractivity contribution in [2.75, 3.05) is 27.8 Å². The summed E-state index contributed by atoms with van der Waals surface area (Å²) in [6.45, 7) is 2.70. The van der Waals surface area contributed by atoms with Crippen LogP contribution in [0.3, 0.4) is 0 Å². The van der Waals surface area contributed by atoms with Crippen molar-refractivity contribution in [3.05, 3.63) is 41.2 Å². The van der Waals surface area contributed by atoms with Gasteiger partial charge in [-0.3, -0.25) is 4.68 Å². The van der Waals surface area contributed by atoms with Gasteiger partial charge in [-0.25, -0.2) is 0 Å². The summed E-state index contributed by atoms with van der Waals surface area (Å²) in [6.07, 6.45) is 4.82. The van der Waals surface area contributed by atoms with Crippen LogP contribution in [0.15, 0.2) is 30.6 Å². The van der Waals surface area contributed by atoms with Crippen molar-refractivity contribution < 1.29 is 9.47 Å². The Morgan fingerprint density at radius 2 is 2.09 bits per heavy atom. The van der Waals surface area contributed by atoms with Crippen LogP contribution >= 0.6 is 11.6 Å². The number of hydrogen-bond donors (Lipinski definition) is 0. The van der Waals surface area contributed by atoms with Crippen molar-refractivity contribution in [1.82, 2.24) is 14.7 Å². The zero-order chi connectivity index (χ0) is 15.9. The Kier molecular flexibility index (Phi) is 6.10. The molecule has 1 aromatic heterocycles. The van der Waals surface area contributed by atoms with E-state index in [2.05, 4.69) is 17.0 Å². The van der Waals surface area contributed by atoms with E-state index in [-0.39, 0.29) is 0 Å². The van der Waals surface area contributed by atoms with Crippen molar-refractivity contribution >= 4 is 11.6 Å². The van der Waals surface area contributed by atoms with E-state index in [0.717, 1.165) is 31.6 Å². The Bertz CT molecular complexity index is 587. The standard InChI is InChI=1S/C16H22ClN3O2/c1-19(7-5-9-20-8-4-6-18-20)12-13-10-14(17)16(22-3)15(11-13)21-2/h4,6,8,10-11H,5,7,9,12H2,1-3H3. The summed E-state index contributed by atoms with van der Waals surface area (Å²) in [5.41, 5.74) is 1.10. The minimum absolute atomic E-state index is 0.571. The van der Waals surface area contributed by atoms with Crippen LogP contribution in [0, 0.1) is 0 Å². The molecule has 0 radical (unpaired) electrons. The molecule has 0 saturated heterocycles. The van der Waals surface area contributed by atoms with E-state index in [1.165, 1.54) is 0 Å². The van der Waals surface area contributed by atoms with Gasteiger partial charge < -0.3 is 14.4 Å². The average Bonchev–Trinajstić information content (AvgIpc) is 2.99. The van der Waals surface area contributed by atoms with E-state index in [1.807, 2.05) is 29.1 Å². The number of ether oxygens (including phenoxy) is 2. The summed E-state index contributed by atoms with van der Waals surface area (Å²) in [6, 6.07) is 5.83. The lowest BCUT2D eigenvalue weighted by Crippen LogP contribution is -2.20. The van der Waals surface area contributed by atoms with Gasteiger partial charge in [-0.05, 0) is 43.8 Å². The van der Waals surface area contributed by atoms with Crippen LogP contribution in [0.1, 0.15) is 12.0 Å². The molecule has 6 heteroatoms. The highest BCUT2D eigenvalue weighted by molar-refractivity contribution is 6.32. The van der Waals surface area contributed by atoms with Crippen LogP contribution in [0.5, 0.6) is 11.5 Å². The first-order chi connectivity index (χ1) is 10.6. The summed E-state index contributed by atoms with van der Waals surface area (Å²) < 4.78 is 12.5. The maximum absolute atomic E-state index is 6.23. The van der Waals surface area contributed by atoms with E-state index in [1.54, 1.807) is 20.4 Å². The van der Waals surface area contributed by atoms with Crippen LogP contribution in [0.4, 0.5) is 0 Å². The van der Waals surface area contributed by atoms with Gasteiger partial charge in [0.1, 0.15) is 0 Å². The molecule has 0 bridgehead atoms. The maximum atomic E-state index is 6.23. The highest BCUT2D eigenvalue weighted by Gasteiger charge is 2.12. The Hall–Kier alpha value is -1.72. The Morgan fingerprint density at radius 1 is 1.27 bits per heavy atom. The number of benzene rings is 1. The smallest absolute Gasteiger partial charge is 0.179 e. The van der Waals surface area contributed by atoms with Crippen molar-refractivity contribution in [1.29, 1.82) is 0 Å². The molecule has 1 aromatic carbocycles. The third-order valence-corrected chi connectivity index (χ3v) is 3.71. The van der Waals surface area contributed by atoms with Gasteiger partial charge in [-0.2, -0.15) is 5.10 Å². The van der Waals surface area contributed by atoms with Gasteiger partial charge in [0, 0.05) is 25.5 Å². The summed E-state index contributed by atoms with van der Waals surface area (Å²) in [4.78, 5) is 2.25. The fourth-order valence-corrected chi connectivity index (χ4v) is 2.70. The first-order valence-corrected chi connectivity index (χ1v) is 7.58. The monoisotopic (exact) mass is 323 g/mol. The van der Waals surface area contributed by atoms with E-state index in [9.17, 15) is 0 Å². The number of hydrogen-bond acceptors (Lipinski definition) is 4. The van der Waals surface area contributed by atoms with E-state index in [0.29, 0.717) is 16.5 Å². The normalized spacial score (nSPS) is 11.0. The minimum atomic E-state index is 0.571. The Morgan fingerprint density at radius 3 is 2.73 bits per heavy atom. The summed E-state index contributed by atoms with van der Waals surface area (Å²) in [5, 5.41) is 4.77. The Labute approximate surface area is 136 Å². The first kappa shape index (κ1) is 16.6. The summed E-state index contributed by atoms with van der Waals surface area (Å²) >= 11 is 6.23. The van der Waals surface area contributed by atoms with E-state index in [4.69, 9.17) is 21.1 Å². The van der Waals surface area contributed by atoms with Crippen molar-refractivity contribution in [2.45, 2.75) is 19.5 Å². The van der Waals surface area contributed by atoms with Crippen molar-refractivity contribution in [3.63, 3.8) is 0 Å². The molecule has 2 aromatic rings. The van der Waals surface area contributed by atoms with Gasteiger partial charge in [0.15, 0.2) is 11.5 Å². The van der Waals surface area contributed by atoms with Gasteiger partial charge >= 0.3 is 0 Å². The van der Waals surface area contributed by atoms with Gasteiger partial charge in [-0.15, -0.1) is 0 Å². The lowest BCUT2D eigenvalue weighted by molar-refractivity contribution is 0.309. The van der Waals surface area contributed by atoms with Crippen LogP contribution in [0.25, 0.3) is 0 Å². The van der Waals surface area contributed by atoms with Crippen LogP contribution in [-0.2, 0) is 13.1 Å². The molecule has 0 aliphatic rings. The number of aryl methyl sites for hydroxylation is 1. The molecule has 1 heterocycles. The van der Waals surface area contributed by atoms with Gasteiger partial charge in [-0.1, -0.05) is 11.6 Å². The lowest BCUT2D eigenvalue weighted by Gasteiger charge is -2.18. The number of rotatable bonds is 8. The molecule has 0 aliphatic carbocycles. The van der Waals surface area contributed by atoms with Gasteiger partial charge in [0.25, 0.3) is 0 Å². The molecule has 0 saturated carbocycles. The second-order valence-electron chi connectivity index (χ2n) is 5.17. The average molecular weight is 324 g/mol. The zero-order valence-electron chi connectivity index (χ0n) is 13.3. The maximum Gasteiger partial charge on any atom is 0.179 e. The van der Waals surface area contributed by atoms with Gasteiger partial charge in [0.2, 0.25) is 0 Å². The highest BCUT2D eigenvalue weighted by Crippen LogP contribution is 2.36. The topological polar surface area (TPSA) is 39.5 Å². The largest absolute Gasteiger partial charge is 0.493 e. The predicted molar refractivity (Wildman–Crippen MR) is 87.7 cm³/mol. The molecule has 0 N–H and O–H groups in total. The second-order valence-corrected chi connectivity index (χ2v) is 5.58. The SMILES string of the molecule is COc1cc(CN(C)CCCn2cccn2)cc(Cl)c1OC. The third kappa shape index (κ3) is 4.39. The molecule has 120 valence electrons. The molecule has 0 aliphatic heterocycles. The molecule has 22 heavy (non-hydrogen) atoms. The molecular weight excluding hydrogens is 302 g/mol. The molecule has 2 rings (SSSR count). The number of nitrogens with zero attached hydrogens (tertiary/aromatic N) is 3. The molecular formula is C16H22ClN3O2. The van der Waals surface area contributed by atoms with Crippen LogP contribution < -0.4 is 9.47 Å². The van der Waals surface area contributed by atoms with E-state index >= 15 is 0 Å². The molecule has 0 fully saturated rings. The third-order valence-electron chi connectivity index (χ3n) is 3.43. The number of halogens is 1. The fraction of sp³-hybridized carbons (Fsp3) is 0.438. The molecule has 0 unspecified atom stereocenters. The van der Waals surface area contributed by atoms with Gasteiger partial charge in [0.05, 0.1) is 19.2 Å². The zero-order valence-corrected chi connectivity index (χ0v) is 14.0. The van der Waals surface area contributed by atoms with Crippen LogP contribution in [0.2, 0.25) is 5.02 Å². The van der Waals surface area contributed by atoms with E-state index < -0.39 is 0 Å². The second kappa shape index (κ2) is 8.06. The Balaban J connectivity index is 1.90. The summed E-state index contributed by atoms with van der Waals surface area (Å²) in [7, 11) is 5.30. The van der Waals surface area contributed by atoms with Crippen molar-refractivity contribution in [2.24, 2.45) is 0 Å². The first-order valence-electron chi connectivity index (χ1n) is 7.20. The van der Waals surface area contributed by atoms with Crippen molar-refractivity contribution in [3.8, 4) is 11.5 Å². The molecule has 0 amide bonds. The summed E-state index contributed by atoms with van der Waals surface area (Å²) in [5.74, 6) is 1.24.